The Balaban J connectivity index is 1.72. The van der Waals surface area contributed by atoms with Crippen LogP contribution in [0.3, 0.4) is 0 Å². The van der Waals surface area contributed by atoms with Crippen LogP contribution in [0.1, 0.15) is 51.5 Å². The van der Waals surface area contributed by atoms with Crippen molar-refractivity contribution >= 4 is 5.91 Å². The van der Waals surface area contributed by atoms with E-state index in [0.717, 1.165) is 19.3 Å². The Hall–Kier alpha value is -2.90. The molecule has 3 atom stereocenters. The molecule has 3 unspecified atom stereocenters. The highest BCUT2D eigenvalue weighted by atomic mass is 17.0. The maximum absolute atomic E-state index is 12.4. The second-order valence-corrected chi connectivity index (χ2v) is 8.73. The first-order chi connectivity index (χ1) is 15.2. The molecule has 0 spiro atoms. The predicted molar refractivity (Wildman–Crippen MR) is 116 cm³/mol. The second kappa shape index (κ2) is 12.2. The van der Waals surface area contributed by atoms with Gasteiger partial charge in [-0.05, 0) is 44.7 Å². The Kier molecular flexibility index (Phi) is 9.68. The number of aliphatic hydroxyl groups is 1. The molecule has 1 amide bonds. The van der Waals surface area contributed by atoms with Crippen molar-refractivity contribution < 1.29 is 24.6 Å². The van der Waals surface area contributed by atoms with Crippen LogP contribution in [0.2, 0.25) is 0 Å². The predicted octanol–water partition coefficient (Wildman–Crippen LogP) is 1.94. The van der Waals surface area contributed by atoms with Gasteiger partial charge in [0.25, 0.3) is 5.09 Å². The van der Waals surface area contributed by atoms with Gasteiger partial charge in [0, 0.05) is 25.0 Å². The summed E-state index contributed by atoms with van der Waals surface area (Å²) < 4.78 is 5.53. The van der Waals surface area contributed by atoms with Gasteiger partial charge >= 0.3 is 0 Å². The van der Waals surface area contributed by atoms with Crippen LogP contribution < -0.4 is 15.4 Å². The molecule has 0 radical (unpaired) electrons. The van der Waals surface area contributed by atoms with Crippen LogP contribution in [0.5, 0.6) is 5.75 Å². The molecule has 10 nitrogen and oxygen atoms in total. The lowest BCUT2D eigenvalue weighted by atomic mass is 9.84. The van der Waals surface area contributed by atoms with Crippen molar-refractivity contribution in [2.45, 2.75) is 63.7 Å². The summed E-state index contributed by atoms with van der Waals surface area (Å²) in [6, 6.07) is 8.85. The maximum atomic E-state index is 12.4. The number of hydrogen-bond acceptors (Lipinski definition) is 8. The average molecular weight is 449 g/mol. The van der Waals surface area contributed by atoms with E-state index in [4.69, 9.17) is 14.8 Å². The van der Waals surface area contributed by atoms with Crippen LogP contribution in [0.25, 0.3) is 0 Å². The number of carbonyl (C=O) groups excluding carboxylic acids is 1. The molecule has 0 aliphatic heterocycles. The molecule has 1 fully saturated rings. The van der Waals surface area contributed by atoms with Gasteiger partial charge in [0.2, 0.25) is 5.91 Å². The van der Waals surface area contributed by atoms with Crippen molar-refractivity contribution in [1.82, 2.24) is 10.6 Å². The van der Waals surface area contributed by atoms with Gasteiger partial charge in [0.1, 0.15) is 30.6 Å². The van der Waals surface area contributed by atoms with Gasteiger partial charge in [-0.25, -0.2) is 0 Å². The smallest absolute Gasteiger partial charge is 0.294 e. The summed E-state index contributed by atoms with van der Waals surface area (Å²) in [6.45, 7) is 4.37. The van der Waals surface area contributed by atoms with Gasteiger partial charge in [-0.15, -0.1) is 10.1 Å². The zero-order valence-corrected chi connectivity index (χ0v) is 18.6. The zero-order chi connectivity index (χ0) is 23.6. The van der Waals surface area contributed by atoms with E-state index in [0.29, 0.717) is 24.3 Å². The van der Waals surface area contributed by atoms with Crippen LogP contribution in [0, 0.1) is 27.4 Å². The van der Waals surface area contributed by atoms with Gasteiger partial charge in [0.15, 0.2) is 0 Å². The zero-order valence-electron chi connectivity index (χ0n) is 18.6. The summed E-state index contributed by atoms with van der Waals surface area (Å²) in [5, 5.41) is 35.2. The van der Waals surface area contributed by atoms with E-state index in [1.807, 2.05) is 19.9 Å². The van der Waals surface area contributed by atoms with Crippen LogP contribution in [0.15, 0.2) is 24.3 Å². The number of hydrogen-bond donors (Lipinski definition) is 3. The van der Waals surface area contributed by atoms with E-state index < -0.39 is 22.8 Å². The third-order valence-electron chi connectivity index (χ3n) is 5.49. The number of nitrogens with one attached hydrogen (secondary N) is 2. The molecule has 1 saturated carbocycles. The van der Waals surface area contributed by atoms with Crippen molar-refractivity contribution in [3.63, 3.8) is 0 Å². The van der Waals surface area contributed by atoms with Gasteiger partial charge in [-0.3, -0.25) is 4.79 Å². The molecular weight excluding hydrogens is 416 g/mol. The monoisotopic (exact) mass is 448 g/mol. The molecule has 32 heavy (non-hydrogen) atoms. The van der Waals surface area contributed by atoms with E-state index >= 15 is 0 Å². The van der Waals surface area contributed by atoms with Crippen LogP contribution in [0.4, 0.5) is 0 Å². The molecular formula is C22H32N4O6. The lowest BCUT2D eigenvalue weighted by Gasteiger charge is -2.31. The highest BCUT2D eigenvalue weighted by Crippen LogP contribution is 2.29. The van der Waals surface area contributed by atoms with E-state index in [-0.39, 0.29) is 31.4 Å². The molecule has 2 rings (SSSR count). The molecule has 1 aromatic rings. The summed E-state index contributed by atoms with van der Waals surface area (Å²) in [6.07, 6.45) is 1.96. The van der Waals surface area contributed by atoms with E-state index in [2.05, 4.69) is 10.6 Å². The fourth-order valence-electron chi connectivity index (χ4n) is 3.67. The molecule has 0 saturated heterocycles. The Morgan fingerprint density at radius 2 is 2.09 bits per heavy atom. The number of amides is 1. The number of benzene rings is 1. The molecule has 176 valence electrons. The Bertz CT molecular complexity index is 810. The number of nitriles is 1. The molecule has 3 N–H and O–H groups in total. The number of carbonyl (C=O) groups is 1. The standard InChI is InChI=1S/C22H32N4O6/c1-22(2,25-13-18(27)14-31-19-9-5-4-8-17(19)12-23)15-24-21(28)11-16-7-3-6-10-20(16)32-26(29)30/h4-5,8-9,16,18,20,25,27H,3,6-7,10-11,13-15H2,1-2H3,(H,24,28). The molecule has 0 bridgehead atoms. The third kappa shape index (κ3) is 8.69. The fourth-order valence-corrected chi connectivity index (χ4v) is 3.67. The minimum atomic E-state index is -0.806. The normalized spacial score (nSPS) is 19.4. The van der Waals surface area contributed by atoms with E-state index in [1.165, 1.54) is 0 Å². The van der Waals surface area contributed by atoms with E-state index in [9.17, 15) is 20.0 Å². The first-order valence-electron chi connectivity index (χ1n) is 10.8. The highest BCUT2D eigenvalue weighted by Gasteiger charge is 2.30. The minimum Gasteiger partial charge on any atom is -0.489 e. The van der Waals surface area contributed by atoms with Crippen molar-refractivity contribution in [2.24, 2.45) is 5.92 Å². The second-order valence-electron chi connectivity index (χ2n) is 8.73. The summed E-state index contributed by atoms with van der Waals surface area (Å²) in [7, 11) is 0. The summed E-state index contributed by atoms with van der Waals surface area (Å²) in [5.74, 6) is 0.0730. The van der Waals surface area contributed by atoms with Crippen molar-refractivity contribution in [3.8, 4) is 11.8 Å². The number of para-hydroxylation sites is 1. The largest absolute Gasteiger partial charge is 0.489 e. The minimum absolute atomic E-state index is 0.0215. The number of rotatable bonds is 12. The maximum Gasteiger partial charge on any atom is 0.294 e. The average Bonchev–Trinajstić information content (AvgIpc) is 2.76. The quantitative estimate of drug-likeness (QED) is 0.325. The van der Waals surface area contributed by atoms with Crippen molar-refractivity contribution in [3.05, 3.63) is 39.9 Å². The lowest BCUT2D eigenvalue weighted by Crippen LogP contribution is -2.52. The van der Waals surface area contributed by atoms with Gasteiger partial charge in [-0.1, -0.05) is 25.0 Å². The van der Waals surface area contributed by atoms with Crippen LogP contribution in [-0.4, -0.2) is 53.5 Å². The van der Waals surface area contributed by atoms with Gasteiger partial charge in [0.05, 0.1) is 5.56 Å². The van der Waals surface area contributed by atoms with Gasteiger partial charge in [-0.2, -0.15) is 5.26 Å². The molecule has 0 aromatic heterocycles. The Morgan fingerprint density at radius 1 is 1.38 bits per heavy atom. The number of ether oxygens (including phenoxy) is 1. The third-order valence-corrected chi connectivity index (χ3v) is 5.49. The Labute approximate surface area is 188 Å². The van der Waals surface area contributed by atoms with Crippen LogP contribution in [-0.2, 0) is 9.63 Å². The summed E-state index contributed by atoms with van der Waals surface area (Å²) in [5.41, 5.74) is -0.0932. The van der Waals surface area contributed by atoms with Crippen molar-refractivity contribution in [2.75, 3.05) is 19.7 Å². The topological polar surface area (TPSA) is 147 Å². The SMILES string of the molecule is CC(C)(CNC(=O)CC1CCCCC1O[N+](=O)[O-])NCC(O)COc1ccccc1C#N. The van der Waals surface area contributed by atoms with Crippen LogP contribution >= 0.6 is 0 Å². The van der Waals surface area contributed by atoms with E-state index in [1.54, 1.807) is 24.3 Å². The molecule has 1 aliphatic rings. The van der Waals surface area contributed by atoms with Crippen molar-refractivity contribution in [1.29, 1.82) is 5.26 Å². The molecule has 1 aliphatic carbocycles. The molecule has 10 heteroatoms. The number of β-amino-alcohol motifs (C(OH)–C–C–N with tert-alkyl or cyclic N) is 1. The first kappa shape index (κ1) is 25.4. The summed E-state index contributed by atoms with van der Waals surface area (Å²) >= 11 is 0. The van der Waals surface area contributed by atoms with Gasteiger partial charge < -0.3 is 25.3 Å². The highest BCUT2D eigenvalue weighted by molar-refractivity contribution is 5.76. The first-order valence-corrected chi connectivity index (χ1v) is 10.8. The fraction of sp³-hybridized carbons (Fsp3) is 0.636. The lowest BCUT2D eigenvalue weighted by molar-refractivity contribution is -0.771. The molecule has 1 aromatic carbocycles. The number of nitrogens with zero attached hydrogens (tertiary/aromatic N) is 2. The number of aliphatic hydroxyl groups excluding tert-OH is 1. The Morgan fingerprint density at radius 3 is 2.81 bits per heavy atom. The summed E-state index contributed by atoms with van der Waals surface area (Å²) in [4.78, 5) is 27.8. The molecule has 0 heterocycles.